The van der Waals surface area contributed by atoms with Crippen molar-refractivity contribution in [2.45, 2.75) is 19.4 Å². The normalized spacial score (nSPS) is 18.2. The first-order chi connectivity index (χ1) is 10.7. The van der Waals surface area contributed by atoms with Gasteiger partial charge in [0.05, 0.1) is 34.6 Å². The first-order valence-electron chi connectivity index (χ1n) is 7.35. The van der Waals surface area contributed by atoms with Crippen molar-refractivity contribution in [1.82, 2.24) is 19.4 Å². The second-order valence-corrected chi connectivity index (χ2v) is 6.46. The highest BCUT2D eigenvalue weighted by Crippen LogP contribution is 2.27. The molecule has 1 amide bonds. The molecule has 1 atom stereocenters. The SMILES string of the molecule is Cc1ncsc1C(=O)N1CCC(n2cnc3ccccc32)C1. The van der Waals surface area contributed by atoms with Crippen LogP contribution < -0.4 is 0 Å². The lowest BCUT2D eigenvalue weighted by atomic mass is 10.2. The number of aryl methyl sites for hydroxylation is 1. The van der Waals surface area contributed by atoms with Crippen LogP contribution in [0.25, 0.3) is 11.0 Å². The molecular weight excluding hydrogens is 296 g/mol. The van der Waals surface area contributed by atoms with E-state index in [0.717, 1.165) is 41.1 Å². The molecule has 1 aromatic carbocycles. The summed E-state index contributed by atoms with van der Waals surface area (Å²) in [7, 11) is 0. The van der Waals surface area contributed by atoms with E-state index >= 15 is 0 Å². The van der Waals surface area contributed by atoms with Crippen LogP contribution in [0.5, 0.6) is 0 Å². The van der Waals surface area contributed by atoms with Gasteiger partial charge < -0.3 is 9.47 Å². The molecule has 0 N–H and O–H groups in total. The Morgan fingerprint density at radius 3 is 3.00 bits per heavy atom. The first kappa shape index (κ1) is 13.5. The fourth-order valence-electron chi connectivity index (χ4n) is 3.07. The number of para-hydroxylation sites is 2. The number of hydrogen-bond donors (Lipinski definition) is 0. The van der Waals surface area contributed by atoms with Gasteiger partial charge in [0.15, 0.2) is 0 Å². The summed E-state index contributed by atoms with van der Waals surface area (Å²) in [6.45, 7) is 3.41. The Bertz CT molecular complexity index is 837. The molecule has 1 saturated heterocycles. The standard InChI is InChI=1S/C16H16N4OS/c1-11-15(22-10-18-11)16(21)19-7-6-12(8-19)20-9-17-13-4-2-3-5-14(13)20/h2-5,9-10,12H,6-8H2,1H3. The van der Waals surface area contributed by atoms with Crippen molar-refractivity contribution >= 4 is 28.3 Å². The molecule has 112 valence electrons. The van der Waals surface area contributed by atoms with Crippen LogP contribution in [0.4, 0.5) is 0 Å². The first-order valence-corrected chi connectivity index (χ1v) is 8.23. The molecule has 1 unspecified atom stereocenters. The second-order valence-electron chi connectivity index (χ2n) is 5.60. The van der Waals surface area contributed by atoms with E-state index in [1.165, 1.54) is 11.3 Å². The largest absolute Gasteiger partial charge is 0.336 e. The van der Waals surface area contributed by atoms with E-state index in [-0.39, 0.29) is 5.91 Å². The molecule has 3 heterocycles. The van der Waals surface area contributed by atoms with Crippen LogP contribution in [0.1, 0.15) is 27.8 Å². The molecule has 1 aliphatic rings. The van der Waals surface area contributed by atoms with Gasteiger partial charge in [0.2, 0.25) is 0 Å². The van der Waals surface area contributed by atoms with Gasteiger partial charge in [0.1, 0.15) is 4.88 Å². The van der Waals surface area contributed by atoms with Crippen LogP contribution >= 0.6 is 11.3 Å². The Morgan fingerprint density at radius 2 is 2.18 bits per heavy atom. The molecule has 0 aliphatic carbocycles. The Labute approximate surface area is 132 Å². The summed E-state index contributed by atoms with van der Waals surface area (Å²) < 4.78 is 2.20. The minimum atomic E-state index is 0.104. The van der Waals surface area contributed by atoms with Gasteiger partial charge in [-0.2, -0.15) is 0 Å². The fourth-order valence-corrected chi connectivity index (χ4v) is 3.84. The average molecular weight is 312 g/mol. The smallest absolute Gasteiger partial charge is 0.265 e. The molecule has 0 saturated carbocycles. The van der Waals surface area contributed by atoms with Crippen LogP contribution in [0.2, 0.25) is 0 Å². The summed E-state index contributed by atoms with van der Waals surface area (Å²) in [5.74, 6) is 0.104. The van der Waals surface area contributed by atoms with Crippen LogP contribution in [-0.2, 0) is 0 Å². The number of likely N-dealkylation sites (tertiary alicyclic amines) is 1. The highest BCUT2D eigenvalue weighted by Gasteiger charge is 2.30. The van der Waals surface area contributed by atoms with E-state index in [1.807, 2.05) is 36.4 Å². The summed E-state index contributed by atoms with van der Waals surface area (Å²) in [5, 5.41) is 0. The monoisotopic (exact) mass is 312 g/mol. The third-order valence-electron chi connectivity index (χ3n) is 4.26. The molecule has 5 nitrogen and oxygen atoms in total. The van der Waals surface area contributed by atoms with Crippen molar-refractivity contribution in [2.75, 3.05) is 13.1 Å². The van der Waals surface area contributed by atoms with Crippen LogP contribution in [0.3, 0.4) is 0 Å². The van der Waals surface area contributed by atoms with Crippen LogP contribution in [0, 0.1) is 6.92 Å². The van der Waals surface area contributed by atoms with E-state index in [4.69, 9.17) is 0 Å². The lowest BCUT2D eigenvalue weighted by Gasteiger charge is -2.17. The molecule has 6 heteroatoms. The number of hydrogen-bond acceptors (Lipinski definition) is 4. The van der Waals surface area contributed by atoms with Gasteiger partial charge in [-0.1, -0.05) is 12.1 Å². The minimum Gasteiger partial charge on any atom is -0.336 e. The molecule has 3 aromatic rings. The lowest BCUT2D eigenvalue weighted by Crippen LogP contribution is -2.28. The zero-order chi connectivity index (χ0) is 15.1. The van der Waals surface area contributed by atoms with Gasteiger partial charge >= 0.3 is 0 Å². The van der Waals surface area contributed by atoms with Gasteiger partial charge in [-0.15, -0.1) is 11.3 Å². The quantitative estimate of drug-likeness (QED) is 0.731. The highest BCUT2D eigenvalue weighted by molar-refractivity contribution is 7.11. The summed E-state index contributed by atoms with van der Waals surface area (Å²) in [5.41, 5.74) is 4.70. The molecule has 22 heavy (non-hydrogen) atoms. The average Bonchev–Trinajstić information content (AvgIpc) is 3.25. The number of carbonyl (C=O) groups is 1. The second kappa shape index (κ2) is 5.21. The Hall–Kier alpha value is -2.21. The van der Waals surface area contributed by atoms with Crippen molar-refractivity contribution in [3.8, 4) is 0 Å². The van der Waals surface area contributed by atoms with E-state index < -0.39 is 0 Å². The van der Waals surface area contributed by atoms with Crippen molar-refractivity contribution < 1.29 is 4.79 Å². The van der Waals surface area contributed by atoms with Gasteiger partial charge in [-0.05, 0) is 25.5 Å². The third kappa shape index (κ3) is 2.11. The zero-order valence-electron chi connectivity index (χ0n) is 12.3. The minimum absolute atomic E-state index is 0.104. The molecule has 1 aliphatic heterocycles. The highest BCUT2D eigenvalue weighted by atomic mass is 32.1. The number of fused-ring (bicyclic) bond motifs is 1. The third-order valence-corrected chi connectivity index (χ3v) is 5.18. The van der Waals surface area contributed by atoms with E-state index in [1.54, 1.807) is 5.51 Å². The summed E-state index contributed by atoms with van der Waals surface area (Å²) >= 11 is 1.42. The maximum atomic E-state index is 12.6. The Morgan fingerprint density at radius 1 is 1.32 bits per heavy atom. The van der Waals surface area contributed by atoms with Crippen molar-refractivity contribution in [3.05, 3.63) is 46.7 Å². The van der Waals surface area contributed by atoms with Crippen molar-refractivity contribution in [1.29, 1.82) is 0 Å². The van der Waals surface area contributed by atoms with Crippen LogP contribution in [-0.4, -0.2) is 38.4 Å². The molecular formula is C16H16N4OS. The predicted octanol–water partition coefficient (Wildman–Crippen LogP) is 2.89. The molecule has 0 bridgehead atoms. The van der Waals surface area contributed by atoms with Crippen LogP contribution in [0.15, 0.2) is 36.1 Å². The molecule has 0 radical (unpaired) electrons. The number of nitrogens with zero attached hydrogens (tertiary/aromatic N) is 4. The topological polar surface area (TPSA) is 51.0 Å². The maximum Gasteiger partial charge on any atom is 0.265 e. The van der Waals surface area contributed by atoms with E-state index in [0.29, 0.717) is 6.04 Å². The number of benzene rings is 1. The van der Waals surface area contributed by atoms with Crippen molar-refractivity contribution in [2.24, 2.45) is 0 Å². The fraction of sp³-hybridized carbons (Fsp3) is 0.312. The van der Waals surface area contributed by atoms with Gasteiger partial charge in [0.25, 0.3) is 5.91 Å². The molecule has 1 fully saturated rings. The molecule has 2 aromatic heterocycles. The zero-order valence-corrected chi connectivity index (χ0v) is 13.1. The van der Waals surface area contributed by atoms with Gasteiger partial charge in [0, 0.05) is 13.1 Å². The summed E-state index contributed by atoms with van der Waals surface area (Å²) in [4.78, 5) is 23.9. The van der Waals surface area contributed by atoms with E-state index in [9.17, 15) is 4.79 Å². The number of aromatic nitrogens is 3. The summed E-state index contributed by atoms with van der Waals surface area (Å²) in [6.07, 6.45) is 2.85. The summed E-state index contributed by atoms with van der Waals surface area (Å²) in [6, 6.07) is 8.42. The molecule has 0 spiro atoms. The predicted molar refractivity (Wildman–Crippen MR) is 86.1 cm³/mol. The maximum absolute atomic E-state index is 12.6. The van der Waals surface area contributed by atoms with Gasteiger partial charge in [-0.25, -0.2) is 9.97 Å². The Balaban J connectivity index is 1.58. The molecule has 4 rings (SSSR count). The number of carbonyl (C=O) groups excluding carboxylic acids is 1. The number of thiazole rings is 1. The number of imidazole rings is 1. The lowest BCUT2D eigenvalue weighted by molar-refractivity contribution is 0.0791. The number of rotatable bonds is 2. The van der Waals surface area contributed by atoms with Crippen molar-refractivity contribution in [3.63, 3.8) is 0 Å². The number of amides is 1. The van der Waals surface area contributed by atoms with E-state index in [2.05, 4.69) is 20.6 Å². The van der Waals surface area contributed by atoms with Gasteiger partial charge in [-0.3, -0.25) is 4.79 Å². The Kier molecular flexibility index (Phi) is 3.18.